The summed E-state index contributed by atoms with van der Waals surface area (Å²) in [5.74, 6) is -0.473. The Morgan fingerprint density at radius 2 is 2.29 bits per heavy atom. The third-order valence-corrected chi connectivity index (χ3v) is 4.31. The summed E-state index contributed by atoms with van der Waals surface area (Å²) in [6.07, 6.45) is 1.64. The summed E-state index contributed by atoms with van der Waals surface area (Å²) in [7, 11) is 0. The Balaban J connectivity index is 2.03. The van der Waals surface area contributed by atoms with Crippen LogP contribution in [0.4, 0.5) is 11.5 Å². The second-order valence-electron chi connectivity index (χ2n) is 4.10. The van der Waals surface area contributed by atoms with E-state index in [1.54, 1.807) is 11.3 Å². The van der Waals surface area contributed by atoms with Gasteiger partial charge in [0.05, 0.1) is 8.71 Å². The Morgan fingerprint density at radius 3 is 2.90 bits per heavy atom. The normalized spacial score (nSPS) is 10.3. The van der Waals surface area contributed by atoms with Crippen LogP contribution in [0.5, 0.6) is 0 Å². The maximum absolute atomic E-state index is 12.0. The first-order chi connectivity index (χ1) is 9.97. The third-order valence-electron chi connectivity index (χ3n) is 2.63. The lowest BCUT2D eigenvalue weighted by atomic mass is 10.2. The van der Waals surface area contributed by atoms with Crippen LogP contribution in [-0.2, 0) is 6.42 Å². The molecule has 0 aliphatic carbocycles. The molecule has 0 aliphatic heterocycles. The molecule has 0 aromatic carbocycles. The van der Waals surface area contributed by atoms with E-state index < -0.39 is 10.8 Å². The number of hydrogen-bond donors (Lipinski definition) is 2. The van der Waals surface area contributed by atoms with E-state index in [9.17, 15) is 14.9 Å². The molecule has 0 atom stereocenters. The number of amides is 1. The Kier molecular flexibility index (Phi) is 4.86. The number of anilines is 1. The summed E-state index contributed by atoms with van der Waals surface area (Å²) >= 11 is 4.93. The number of thiophene rings is 1. The molecule has 2 aromatic heterocycles. The number of nitrogens with one attached hydrogen (secondary N) is 1. The van der Waals surface area contributed by atoms with Gasteiger partial charge in [0, 0.05) is 11.4 Å². The van der Waals surface area contributed by atoms with Crippen LogP contribution in [0, 0.1) is 10.1 Å². The highest BCUT2D eigenvalue weighted by molar-refractivity contribution is 9.11. The number of nitrogens with two attached hydrogens (primary N) is 1. The zero-order valence-electron chi connectivity index (χ0n) is 10.7. The van der Waals surface area contributed by atoms with E-state index in [0.29, 0.717) is 13.0 Å². The predicted molar refractivity (Wildman–Crippen MR) is 83.4 cm³/mol. The number of nitrogen functional groups attached to an aromatic ring is 1. The number of aromatic nitrogens is 1. The number of hydrogen-bond acceptors (Lipinski definition) is 6. The van der Waals surface area contributed by atoms with Crippen LogP contribution in [0.3, 0.4) is 0 Å². The zero-order chi connectivity index (χ0) is 15.4. The first kappa shape index (κ1) is 15.4. The second kappa shape index (κ2) is 6.64. The molecule has 21 heavy (non-hydrogen) atoms. The van der Waals surface area contributed by atoms with Gasteiger partial charge < -0.3 is 11.1 Å². The largest absolute Gasteiger partial charge is 0.384 e. The molecule has 9 heteroatoms. The average molecular weight is 371 g/mol. The smallest absolute Gasteiger partial charge is 0.300 e. The fraction of sp³-hybridized carbons (Fsp3) is 0.167. The molecule has 1 amide bonds. The number of rotatable bonds is 5. The number of carbonyl (C=O) groups is 1. The van der Waals surface area contributed by atoms with Crippen LogP contribution in [0.1, 0.15) is 15.2 Å². The predicted octanol–water partition coefficient (Wildman–Crippen LogP) is 2.37. The van der Waals surface area contributed by atoms with Crippen molar-refractivity contribution in [3.63, 3.8) is 0 Å². The molecule has 0 unspecified atom stereocenters. The van der Waals surface area contributed by atoms with Crippen molar-refractivity contribution < 1.29 is 9.72 Å². The molecular formula is C12H11BrN4O3S. The molecule has 2 aromatic rings. The van der Waals surface area contributed by atoms with Crippen molar-refractivity contribution in [1.29, 1.82) is 0 Å². The van der Waals surface area contributed by atoms with Crippen molar-refractivity contribution in [1.82, 2.24) is 10.3 Å². The van der Waals surface area contributed by atoms with Crippen LogP contribution in [-0.4, -0.2) is 22.4 Å². The molecule has 110 valence electrons. The monoisotopic (exact) mass is 370 g/mol. The summed E-state index contributed by atoms with van der Waals surface area (Å²) < 4.78 is 1.02. The topological polar surface area (TPSA) is 111 Å². The van der Waals surface area contributed by atoms with Gasteiger partial charge in [-0.05, 0) is 40.5 Å². The highest BCUT2D eigenvalue weighted by Gasteiger charge is 2.20. The van der Waals surface area contributed by atoms with Crippen LogP contribution in [0.25, 0.3) is 0 Å². The fourth-order valence-electron chi connectivity index (χ4n) is 1.67. The van der Waals surface area contributed by atoms with Gasteiger partial charge in [-0.25, -0.2) is 4.98 Å². The van der Waals surface area contributed by atoms with E-state index in [1.807, 2.05) is 12.1 Å². The van der Waals surface area contributed by atoms with Gasteiger partial charge in [0.2, 0.25) is 0 Å². The lowest BCUT2D eigenvalue weighted by Crippen LogP contribution is -2.26. The van der Waals surface area contributed by atoms with Gasteiger partial charge in [-0.1, -0.05) is 0 Å². The second-order valence-corrected chi connectivity index (χ2v) is 6.64. The SMILES string of the molecule is Nc1cc(C(=O)NCCc2ccc(Br)s2)c([N+](=O)[O-])cn1. The quantitative estimate of drug-likeness (QED) is 0.619. The lowest BCUT2D eigenvalue weighted by molar-refractivity contribution is -0.385. The Morgan fingerprint density at radius 1 is 1.52 bits per heavy atom. The maximum Gasteiger partial charge on any atom is 0.300 e. The van der Waals surface area contributed by atoms with E-state index in [4.69, 9.17) is 5.73 Å². The van der Waals surface area contributed by atoms with Crippen LogP contribution < -0.4 is 11.1 Å². The Bertz CT molecular complexity index is 689. The van der Waals surface area contributed by atoms with Gasteiger partial charge >= 0.3 is 0 Å². The zero-order valence-corrected chi connectivity index (χ0v) is 13.1. The van der Waals surface area contributed by atoms with Crippen molar-refractivity contribution in [3.05, 3.63) is 48.7 Å². The van der Waals surface area contributed by atoms with E-state index >= 15 is 0 Å². The summed E-state index contributed by atoms with van der Waals surface area (Å²) in [4.78, 5) is 27.0. The molecule has 7 nitrogen and oxygen atoms in total. The van der Waals surface area contributed by atoms with Crippen molar-refractivity contribution in [2.75, 3.05) is 12.3 Å². The summed E-state index contributed by atoms with van der Waals surface area (Å²) in [6, 6.07) is 5.08. The van der Waals surface area contributed by atoms with Crippen LogP contribution in [0.15, 0.2) is 28.2 Å². The van der Waals surface area contributed by atoms with E-state index in [-0.39, 0.29) is 17.1 Å². The minimum atomic E-state index is -0.655. The highest BCUT2D eigenvalue weighted by Crippen LogP contribution is 2.22. The number of halogens is 1. The Hall–Kier alpha value is -2.00. The lowest BCUT2D eigenvalue weighted by Gasteiger charge is -2.05. The van der Waals surface area contributed by atoms with E-state index in [2.05, 4.69) is 26.2 Å². The van der Waals surface area contributed by atoms with Gasteiger partial charge in [0.25, 0.3) is 11.6 Å². The average Bonchev–Trinajstić information content (AvgIpc) is 2.84. The van der Waals surface area contributed by atoms with E-state index in [0.717, 1.165) is 14.9 Å². The standard InChI is InChI=1S/C12H11BrN4O3S/c13-10-2-1-7(21-10)3-4-15-12(18)8-5-11(14)16-6-9(8)17(19)20/h1-2,5-6H,3-4H2,(H2,14,16)(H,15,18). The molecular weight excluding hydrogens is 360 g/mol. The molecule has 3 N–H and O–H groups in total. The minimum Gasteiger partial charge on any atom is -0.384 e. The minimum absolute atomic E-state index is 0.0629. The summed E-state index contributed by atoms with van der Waals surface area (Å²) in [5, 5.41) is 13.5. The van der Waals surface area contributed by atoms with Gasteiger partial charge in [-0.15, -0.1) is 11.3 Å². The third kappa shape index (κ3) is 3.99. The van der Waals surface area contributed by atoms with Crippen LogP contribution in [0.2, 0.25) is 0 Å². The molecule has 0 saturated carbocycles. The number of carbonyl (C=O) groups excluding carboxylic acids is 1. The van der Waals surface area contributed by atoms with Crippen molar-refractivity contribution in [3.8, 4) is 0 Å². The first-order valence-electron chi connectivity index (χ1n) is 5.89. The molecule has 0 bridgehead atoms. The summed E-state index contributed by atoms with van der Waals surface area (Å²) in [6.45, 7) is 0.380. The van der Waals surface area contributed by atoms with Gasteiger partial charge in [0.1, 0.15) is 17.6 Å². The van der Waals surface area contributed by atoms with Crippen LogP contribution >= 0.6 is 27.3 Å². The molecule has 0 fully saturated rings. The number of nitrogens with zero attached hydrogens (tertiary/aromatic N) is 2. The molecule has 0 aliphatic rings. The fourth-order valence-corrected chi connectivity index (χ4v) is 3.15. The van der Waals surface area contributed by atoms with Crippen molar-refractivity contribution in [2.45, 2.75) is 6.42 Å². The maximum atomic E-state index is 12.0. The van der Waals surface area contributed by atoms with Gasteiger partial charge in [-0.3, -0.25) is 14.9 Å². The highest BCUT2D eigenvalue weighted by atomic mass is 79.9. The first-order valence-corrected chi connectivity index (χ1v) is 7.50. The van der Waals surface area contributed by atoms with Crippen molar-refractivity contribution in [2.24, 2.45) is 0 Å². The van der Waals surface area contributed by atoms with Crippen molar-refractivity contribution >= 4 is 44.7 Å². The number of nitro groups is 1. The molecule has 0 saturated heterocycles. The van der Waals surface area contributed by atoms with Gasteiger partial charge in [0.15, 0.2) is 0 Å². The number of pyridine rings is 1. The molecule has 2 rings (SSSR count). The van der Waals surface area contributed by atoms with E-state index in [1.165, 1.54) is 6.07 Å². The summed E-state index contributed by atoms with van der Waals surface area (Å²) in [5.41, 5.74) is 5.03. The molecule has 0 spiro atoms. The van der Waals surface area contributed by atoms with Gasteiger partial charge in [-0.2, -0.15) is 0 Å². The Labute approximate surface area is 132 Å². The molecule has 2 heterocycles. The molecule has 0 radical (unpaired) electrons.